The Hall–Kier alpha value is -1.31. The van der Waals surface area contributed by atoms with Crippen LogP contribution < -0.4 is 0 Å². The first kappa shape index (κ1) is 12.7. The predicted molar refractivity (Wildman–Crippen MR) is 74.9 cm³/mol. The highest BCUT2D eigenvalue weighted by atomic mass is 16.5. The molecule has 0 radical (unpaired) electrons. The summed E-state index contributed by atoms with van der Waals surface area (Å²) in [7, 11) is 0. The number of esters is 1. The normalized spacial score (nSPS) is 23.8. The molecule has 1 saturated carbocycles. The van der Waals surface area contributed by atoms with Crippen molar-refractivity contribution in [3.63, 3.8) is 0 Å². The lowest BCUT2D eigenvalue weighted by Crippen LogP contribution is -2.28. The Morgan fingerprint density at radius 3 is 2.53 bits per heavy atom. The van der Waals surface area contributed by atoms with Crippen LogP contribution in [0.15, 0.2) is 24.3 Å². The summed E-state index contributed by atoms with van der Waals surface area (Å²) in [5.41, 5.74) is 2.65. The SMILES string of the molecule is CC(C)(C)C(=O)OC1CCC2(CC2)c2ccccc21. The maximum Gasteiger partial charge on any atom is 0.311 e. The summed E-state index contributed by atoms with van der Waals surface area (Å²) >= 11 is 0. The molecule has 0 aromatic heterocycles. The molecule has 0 heterocycles. The van der Waals surface area contributed by atoms with Gasteiger partial charge in [-0.2, -0.15) is 0 Å². The van der Waals surface area contributed by atoms with Gasteiger partial charge in [0.1, 0.15) is 6.10 Å². The molecule has 102 valence electrons. The number of ether oxygens (including phenoxy) is 1. The van der Waals surface area contributed by atoms with Crippen LogP contribution in [-0.4, -0.2) is 5.97 Å². The van der Waals surface area contributed by atoms with Gasteiger partial charge in [-0.25, -0.2) is 0 Å². The van der Waals surface area contributed by atoms with Crippen LogP contribution in [0.4, 0.5) is 0 Å². The van der Waals surface area contributed by atoms with Crippen molar-refractivity contribution in [2.75, 3.05) is 0 Å². The Kier molecular flexibility index (Phi) is 2.74. The molecule has 1 fully saturated rings. The average molecular weight is 258 g/mol. The van der Waals surface area contributed by atoms with Crippen molar-refractivity contribution in [2.24, 2.45) is 5.41 Å². The zero-order valence-electron chi connectivity index (χ0n) is 12.0. The summed E-state index contributed by atoms with van der Waals surface area (Å²) in [6, 6.07) is 8.51. The first-order valence-electron chi connectivity index (χ1n) is 7.23. The minimum Gasteiger partial charge on any atom is -0.457 e. The molecule has 1 aromatic rings. The van der Waals surface area contributed by atoms with E-state index in [1.54, 1.807) is 0 Å². The second-order valence-corrected chi connectivity index (χ2v) is 7.05. The molecule has 2 aliphatic carbocycles. The van der Waals surface area contributed by atoms with E-state index in [9.17, 15) is 4.79 Å². The molecule has 0 bridgehead atoms. The topological polar surface area (TPSA) is 26.3 Å². The van der Waals surface area contributed by atoms with Crippen molar-refractivity contribution in [1.82, 2.24) is 0 Å². The van der Waals surface area contributed by atoms with E-state index in [-0.39, 0.29) is 12.1 Å². The molecule has 2 aliphatic rings. The van der Waals surface area contributed by atoms with Crippen LogP contribution in [0.25, 0.3) is 0 Å². The van der Waals surface area contributed by atoms with Gasteiger partial charge in [0.25, 0.3) is 0 Å². The monoisotopic (exact) mass is 258 g/mol. The van der Waals surface area contributed by atoms with Crippen LogP contribution in [0.2, 0.25) is 0 Å². The van der Waals surface area contributed by atoms with E-state index in [4.69, 9.17) is 4.74 Å². The fourth-order valence-electron chi connectivity index (χ4n) is 3.06. The second kappa shape index (κ2) is 4.09. The maximum atomic E-state index is 12.1. The molecule has 1 spiro atoms. The van der Waals surface area contributed by atoms with Crippen LogP contribution in [0.3, 0.4) is 0 Å². The van der Waals surface area contributed by atoms with Gasteiger partial charge in [0.15, 0.2) is 0 Å². The fourth-order valence-corrected chi connectivity index (χ4v) is 3.06. The van der Waals surface area contributed by atoms with Crippen LogP contribution in [-0.2, 0) is 14.9 Å². The van der Waals surface area contributed by atoms with Gasteiger partial charge >= 0.3 is 5.97 Å². The van der Waals surface area contributed by atoms with Gasteiger partial charge in [0.2, 0.25) is 0 Å². The summed E-state index contributed by atoms with van der Waals surface area (Å²) < 4.78 is 5.76. The van der Waals surface area contributed by atoms with E-state index in [0.29, 0.717) is 5.41 Å². The highest BCUT2D eigenvalue weighted by Gasteiger charge is 2.49. The molecule has 1 aromatic carbocycles. The Labute approximate surface area is 115 Å². The fraction of sp³-hybridized carbons (Fsp3) is 0.588. The smallest absolute Gasteiger partial charge is 0.311 e. The van der Waals surface area contributed by atoms with Crippen LogP contribution in [0.1, 0.15) is 63.7 Å². The highest BCUT2D eigenvalue weighted by Crippen LogP contribution is 2.57. The summed E-state index contributed by atoms with van der Waals surface area (Å²) in [5, 5.41) is 0. The molecule has 2 nitrogen and oxygen atoms in total. The van der Waals surface area contributed by atoms with Crippen molar-refractivity contribution in [3.05, 3.63) is 35.4 Å². The van der Waals surface area contributed by atoms with Gasteiger partial charge in [0.05, 0.1) is 5.41 Å². The van der Waals surface area contributed by atoms with Crippen molar-refractivity contribution in [1.29, 1.82) is 0 Å². The standard InChI is InChI=1S/C17H22O2/c1-16(2,3)15(18)19-14-8-9-17(10-11-17)13-7-5-4-6-12(13)14/h4-7,14H,8-11H2,1-3H3. The number of fused-ring (bicyclic) bond motifs is 2. The van der Waals surface area contributed by atoms with E-state index >= 15 is 0 Å². The Morgan fingerprint density at radius 1 is 1.21 bits per heavy atom. The van der Waals surface area contributed by atoms with E-state index in [1.807, 2.05) is 20.8 Å². The minimum atomic E-state index is -0.427. The van der Waals surface area contributed by atoms with Gasteiger partial charge < -0.3 is 4.74 Å². The Balaban J connectivity index is 1.87. The molecule has 2 heteroatoms. The maximum absolute atomic E-state index is 12.1. The largest absolute Gasteiger partial charge is 0.457 e. The molecule has 1 atom stereocenters. The number of benzene rings is 1. The van der Waals surface area contributed by atoms with Crippen LogP contribution in [0.5, 0.6) is 0 Å². The van der Waals surface area contributed by atoms with E-state index in [1.165, 1.54) is 24.0 Å². The third-order valence-electron chi connectivity index (χ3n) is 4.48. The summed E-state index contributed by atoms with van der Waals surface area (Å²) in [4.78, 5) is 12.1. The number of hydrogen-bond donors (Lipinski definition) is 0. The van der Waals surface area contributed by atoms with Crippen molar-refractivity contribution >= 4 is 5.97 Å². The Bertz CT molecular complexity index is 506. The van der Waals surface area contributed by atoms with Gasteiger partial charge in [0, 0.05) is 0 Å². The molecule has 0 saturated heterocycles. The first-order valence-corrected chi connectivity index (χ1v) is 7.23. The number of carbonyl (C=O) groups excluding carboxylic acids is 1. The zero-order chi connectivity index (χ0) is 13.7. The van der Waals surface area contributed by atoms with Crippen LogP contribution >= 0.6 is 0 Å². The molecule has 19 heavy (non-hydrogen) atoms. The summed E-state index contributed by atoms with van der Waals surface area (Å²) in [6.45, 7) is 5.73. The molecular formula is C17H22O2. The Morgan fingerprint density at radius 2 is 1.89 bits per heavy atom. The van der Waals surface area contributed by atoms with Crippen molar-refractivity contribution in [2.45, 2.75) is 58.0 Å². The van der Waals surface area contributed by atoms with Crippen LogP contribution in [0, 0.1) is 5.41 Å². The number of rotatable bonds is 1. The predicted octanol–water partition coefficient (Wildman–Crippen LogP) is 4.14. The molecule has 0 N–H and O–H groups in total. The molecular weight excluding hydrogens is 236 g/mol. The lowest BCUT2D eigenvalue weighted by Gasteiger charge is -2.33. The number of carbonyl (C=O) groups is 1. The zero-order valence-corrected chi connectivity index (χ0v) is 12.0. The van der Waals surface area contributed by atoms with Gasteiger partial charge in [-0.05, 0) is 63.0 Å². The first-order chi connectivity index (χ1) is 8.92. The molecule has 1 unspecified atom stereocenters. The lowest BCUT2D eigenvalue weighted by atomic mass is 9.78. The average Bonchev–Trinajstić information content (AvgIpc) is 3.13. The summed E-state index contributed by atoms with van der Waals surface area (Å²) in [6.07, 6.45) is 4.67. The van der Waals surface area contributed by atoms with Crippen molar-refractivity contribution < 1.29 is 9.53 Å². The van der Waals surface area contributed by atoms with Gasteiger partial charge in [-0.1, -0.05) is 24.3 Å². The van der Waals surface area contributed by atoms with Gasteiger partial charge in [-0.15, -0.1) is 0 Å². The quantitative estimate of drug-likeness (QED) is 0.708. The van der Waals surface area contributed by atoms with Crippen molar-refractivity contribution in [3.8, 4) is 0 Å². The molecule has 3 rings (SSSR count). The lowest BCUT2D eigenvalue weighted by molar-refractivity contribution is -0.160. The summed E-state index contributed by atoms with van der Waals surface area (Å²) in [5.74, 6) is -0.0981. The number of hydrogen-bond acceptors (Lipinski definition) is 2. The molecule has 0 amide bonds. The van der Waals surface area contributed by atoms with E-state index in [0.717, 1.165) is 12.8 Å². The third kappa shape index (κ3) is 2.18. The van der Waals surface area contributed by atoms with Gasteiger partial charge in [-0.3, -0.25) is 4.79 Å². The highest BCUT2D eigenvalue weighted by molar-refractivity contribution is 5.75. The minimum absolute atomic E-state index is 0.0471. The van der Waals surface area contributed by atoms with E-state index < -0.39 is 5.41 Å². The second-order valence-electron chi connectivity index (χ2n) is 7.05. The van der Waals surface area contributed by atoms with E-state index in [2.05, 4.69) is 24.3 Å². The molecule has 0 aliphatic heterocycles. The third-order valence-corrected chi connectivity index (χ3v) is 4.48.